The molecule has 1 aromatic heterocycles. The van der Waals surface area contributed by atoms with Crippen LogP contribution in [0.3, 0.4) is 0 Å². The van der Waals surface area contributed by atoms with Crippen LogP contribution in [0.2, 0.25) is 5.02 Å². The molecule has 3 nitrogen and oxygen atoms in total. The van der Waals surface area contributed by atoms with Crippen molar-refractivity contribution in [2.45, 2.75) is 12.6 Å². The summed E-state index contributed by atoms with van der Waals surface area (Å²) in [5.41, 5.74) is 1.51. The summed E-state index contributed by atoms with van der Waals surface area (Å²) in [6.07, 6.45) is -0.562. The van der Waals surface area contributed by atoms with E-state index >= 15 is 0 Å². The normalized spacial score (nSPS) is 12.1. The second-order valence-electron chi connectivity index (χ2n) is 4.11. The molecule has 2 aromatic rings. The van der Waals surface area contributed by atoms with Crippen molar-refractivity contribution in [3.63, 3.8) is 0 Å². The van der Waals surface area contributed by atoms with Gasteiger partial charge in [0.1, 0.15) is 6.07 Å². The molecule has 0 bridgehead atoms. The van der Waals surface area contributed by atoms with Crippen molar-refractivity contribution < 1.29 is 5.11 Å². The van der Waals surface area contributed by atoms with Gasteiger partial charge in [0, 0.05) is 28.4 Å². The molecule has 98 valence electrons. The maximum Gasteiger partial charge on any atom is 0.100 e. The van der Waals surface area contributed by atoms with Crippen LogP contribution in [0.25, 0.3) is 0 Å². The molecule has 0 radical (unpaired) electrons. The standard InChI is InChI=1S/C14H13ClN2OS/c15-12-3-1-11(2-4-12)14(18)8-17-7-13-5-10(6-16)9-19-13/h1-5,9,14,17-18H,7-8H2. The summed E-state index contributed by atoms with van der Waals surface area (Å²) in [5, 5.41) is 24.4. The highest BCUT2D eigenvalue weighted by molar-refractivity contribution is 7.10. The summed E-state index contributed by atoms with van der Waals surface area (Å²) in [6, 6.07) is 11.1. The first kappa shape index (κ1) is 14.0. The Kier molecular flexibility index (Phi) is 4.94. The van der Waals surface area contributed by atoms with Crippen LogP contribution in [0.4, 0.5) is 0 Å². The molecule has 2 N–H and O–H groups in total. The molecule has 1 aromatic carbocycles. The van der Waals surface area contributed by atoms with Gasteiger partial charge >= 0.3 is 0 Å². The van der Waals surface area contributed by atoms with Crippen molar-refractivity contribution in [3.8, 4) is 6.07 Å². The fourth-order valence-electron chi connectivity index (χ4n) is 1.67. The lowest BCUT2D eigenvalue weighted by molar-refractivity contribution is 0.174. The summed E-state index contributed by atoms with van der Waals surface area (Å²) in [4.78, 5) is 1.08. The van der Waals surface area contributed by atoms with E-state index in [1.165, 1.54) is 11.3 Å². The van der Waals surface area contributed by atoms with Gasteiger partial charge in [-0.05, 0) is 23.8 Å². The number of thiophene rings is 1. The summed E-state index contributed by atoms with van der Waals surface area (Å²) in [7, 11) is 0. The smallest absolute Gasteiger partial charge is 0.100 e. The summed E-state index contributed by atoms with van der Waals surface area (Å²) < 4.78 is 0. The van der Waals surface area contributed by atoms with Crippen molar-refractivity contribution in [2.24, 2.45) is 0 Å². The minimum atomic E-state index is -0.562. The highest BCUT2D eigenvalue weighted by Crippen LogP contribution is 2.17. The Balaban J connectivity index is 1.82. The third kappa shape index (κ3) is 4.05. The third-order valence-electron chi connectivity index (χ3n) is 2.67. The molecule has 2 rings (SSSR count). The molecule has 0 fully saturated rings. The van der Waals surface area contributed by atoms with Gasteiger partial charge in [-0.15, -0.1) is 11.3 Å². The Hall–Kier alpha value is -1.38. The molecular weight excluding hydrogens is 280 g/mol. The summed E-state index contributed by atoms with van der Waals surface area (Å²) in [5.74, 6) is 0. The number of nitrogens with one attached hydrogen (secondary N) is 1. The van der Waals surface area contributed by atoms with Crippen molar-refractivity contribution >= 4 is 22.9 Å². The van der Waals surface area contributed by atoms with Gasteiger partial charge in [0.15, 0.2) is 0 Å². The van der Waals surface area contributed by atoms with Crippen LogP contribution in [0.15, 0.2) is 35.7 Å². The lowest BCUT2D eigenvalue weighted by Gasteiger charge is -2.11. The highest BCUT2D eigenvalue weighted by atomic mass is 35.5. The number of aliphatic hydroxyl groups is 1. The number of nitriles is 1. The topological polar surface area (TPSA) is 56.0 Å². The van der Waals surface area contributed by atoms with E-state index in [-0.39, 0.29) is 0 Å². The van der Waals surface area contributed by atoms with Crippen molar-refractivity contribution in [3.05, 3.63) is 56.7 Å². The van der Waals surface area contributed by atoms with Gasteiger partial charge in [-0.1, -0.05) is 23.7 Å². The zero-order chi connectivity index (χ0) is 13.7. The average molecular weight is 293 g/mol. The minimum Gasteiger partial charge on any atom is -0.387 e. The Labute approximate surface area is 121 Å². The molecule has 0 aliphatic heterocycles. The van der Waals surface area contributed by atoms with Crippen molar-refractivity contribution in [1.29, 1.82) is 5.26 Å². The fourth-order valence-corrected chi connectivity index (χ4v) is 2.57. The van der Waals surface area contributed by atoms with Crippen LogP contribution in [-0.2, 0) is 6.54 Å². The molecule has 5 heteroatoms. The molecular formula is C14H13ClN2OS. The van der Waals surface area contributed by atoms with Crippen molar-refractivity contribution in [2.75, 3.05) is 6.54 Å². The molecule has 0 amide bonds. The van der Waals surface area contributed by atoms with E-state index in [4.69, 9.17) is 16.9 Å². The van der Waals surface area contributed by atoms with Gasteiger partial charge in [-0.2, -0.15) is 5.26 Å². The largest absolute Gasteiger partial charge is 0.387 e. The molecule has 0 aliphatic carbocycles. The predicted octanol–water partition coefficient (Wildman–Crippen LogP) is 3.10. The number of hydrogen-bond acceptors (Lipinski definition) is 4. The van der Waals surface area contributed by atoms with E-state index in [9.17, 15) is 5.11 Å². The molecule has 1 atom stereocenters. The van der Waals surface area contributed by atoms with Gasteiger partial charge in [0.05, 0.1) is 11.7 Å². The summed E-state index contributed by atoms with van der Waals surface area (Å²) in [6.45, 7) is 1.11. The highest BCUT2D eigenvalue weighted by Gasteiger charge is 2.07. The van der Waals surface area contributed by atoms with Gasteiger partial charge < -0.3 is 10.4 Å². The molecule has 0 saturated heterocycles. The first-order valence-electron chi connectivity index (χ1n) is 5.81. The number of hydrogen-bond donors (Lipinski definition) is 2. The lowest BCUT2D eigenvalue weighted by atomic mass is 10.1. The van der Waals surface area contributed by atoms with Gasteiger partial charge in [0.2, 0.25) is 0 Å². The first-order valence-corrected chi connectivity index (χ1v) is 7.06. The van der Waals surface area contributed by atoms with Crippen LogP contribution in [0.5, 0.6) is 0 Å². The SMILES string of the molecule is N#Cc1csc(CNCC(O)c2ccc(Cl)cc2)c1. The zero-order valence-electron chi connectivity index (χ0n) is 10.1. The van der Waals surface area contributed by atoms with Crippen LogP contribution in [0.1, 0.15) is 22.1 Å². The number of nitrogens with zero attached hydrogens (tertiary/aromatic N) is 1. The zero-order valence-corrected chi connectivity index (χ0v) is 11.7. The quantitative estimate of drug-likeness (QED) is 0.890. The van der Waals surface area contributed by atoms with Crippen LogP contribution in [-0.4, -0.2) is 11.7 Å². The van der Waals surface area contributed by atoms with E-state index in [1.807, 2.05) is 23.6 Å². The lowest BCUT2D eigenvalue weighted by Crippen LogP contribution is -2.20. The van der Waals surface area contributed by atoms with Gasteiger partial charge in [0.25, 0.3) is 0 Å². The molecule has 19 heavy (non-hydrogen) atoms. The molecule has 1 heterocycles. The predicted molar refractivity (Wildman–Crippen MR) is 77.2 cm³/mol. The van der Waals surface area contributed by atoms with E-state index < -0.39 is 6.10 Å². The number of halogens is 1. The third-order valence-corrected chi connectivity index (χ3v) is 3.86. The number of benzene rings is 1. The van der Waals surface area contributed by atoms with E-state index in [0.717, 1.165) is 10.4 Å². The van der Waals surface area contributed by atoms with Crippen LogP contribution >= 0.6 is 22.9 Å². The number of aliphatic hydroxyl groups excluding tert-OH is 1. The molecule has 1 unspecified atom stereocenters. The Morgan fingerprint density at radius 1 is 1.37 bits per heavy atom. The molecule has 0 saturated carbocycles. The maximum absolute atomic E-state index is 9.99. The van der Waals surface area contributed by atoms with Crippen LogP contribution in [0, 0.1) is 11.3 Å². The Morgan fingerprint density at radius 2 is 2.11 bits per heavy atom. The van der Waals surface area contributed by atoms with E-state index in [2.05, 4.69) is 11.4 Å². The van der Waals surface area contributed by atoms with Crippen LogP contribution < -0.4 is 5.32 Å². The maximum atomic E-state index is 9.99. The second kappa shape index (κ2) is 6.69. The van der Waals surface area contributed by atoms with Gasteiger partial charge in [-0.25, -0.2) is 0 Å². The number of rotatable bonds is 5. The molecule has 0 spiro atoms. The second-order valence-corrected chi connectivity index (χ2v) is 5.54. The Morgan fingerprint density at radius 3 is 2.74 bits per heavy atom. The summed E-state index contributed by atoms with van der Waals surface area (Å²) >= 11 is 7.33. The fraction of sp³-hybridized carbons (Fsp3) is 0.214. The minimum absolute atomic E-state index is 0.460. The van der Waals surface area contributed by atoms with E-state index in [0.29, 0.717) is 23.7 Å². The monoisotopic (exact) mass is 292 g/mol. The van der Waals surface area contributed by atoms with Crippen molar-refractivity contribution in [1.82, 2.24) is 5.32 Å². The average Bonchev–Trinajstić information content (AvgIpc) is 2.87. The first-order chi connectivity index (χ1) is 9.19. The Bertz CT molecular complexity index is 574. The molecule has 0 aliphatic rings. The van der Waals surface area contributed by atoms with Gasteiger partial charge in [-0.3, -0.25) is 0 Å². The van der Waals surface area contributed by atoms with E-state index in [1.54, 1.807) is 12.1 Å².